The summed E-state index contributed by atoms with van der Waals surface area (Å²) >= 11 is 0. The second-order valence-corrected chi connectivity index (χ2v) is 15.0. The molecule has 1 aromatic heterocycles. The lowest BCUT2D eigenvalue weighted by molar-refractivity contribution is 1.20. The summed E-state index contributed by atoms with van der Waals surface area (Å²) in [5.74, 6) is 0.775. The van der Waals surface area contributed by atoms with Crippen LogP contribution in [-0.4, -0.2) is 18.0 Å². The summed E-state index contributed by atoms with van der Waals surface area (Å²) in [5.41, 5.74) is 10.4. The van der Waals surface area contributed by atoms with Gasteiger partial charge in [0.1, 0.15) is 8.07 Å². The van der Waals surface area contributed by atoms with Crippen molar-refractivity contribution in [2.24, 2.45) is 0 Å². The van der Waals surface area contributed by atoms with Crippen molar-refractivity contribution in [3.05, 3.63) is 133 Å². The van der Waals surface area contributed by atoms with Gasteiger partial charge in [0, 0.05) is 11.1 Å². The van der Waals surface area contributed by atoms with E-state index in [1.807, 2.05) is 6.07 Å². The van der Waals surface area contributed by atoms with Crippen molar-refractivity contribution in [1.82, 2.24) is 9.97 Å². The fourth-order valence-corrected chi connectivity index (χ4v) is 9.08. The van der Waals surface area contributed by atoms with Crippen LogP contribution in [0.1, 0.15) is 0 Å². The van der Waals surface area contributed by atoms with E-state index in [1.165, 1.54) is 38.2 Å². The molecule has 2 heterocycles. The van der Waals surface area contributed by atoms with E-state index in [1.54, 1.807) is 0 Å². The number of aromatic nitrogens is 2. The number of fused-ring (bicyclic) bond motifs is 3. The second-order valence-electron chi connectivity index (χ2n) is 10.7. The molecule has 6 aromatic rings. The summed E-state index contributed by atoms with van der Waals surface area (Å²) in [7, 11) is -1.99. The highest BCUT2D eigenvalue weighted by molar-refractivity contribution is 7.04. The average molecular weight is 517 g/mol. The minimum absolute atomic E-state index is 0.775. The third-order valence-electron chi connectivity index (χ3n) is 7.91. The molecule has 0 spiro atoms. The number of nitrogens with zero attached hydrogens (tertiary/aromatic N) is 2. The van der Waals surface area contributed by atoms with Crippen LogP contribution in [-0.2, 0) is 0 Å². The molecule has 0 saturated carbocycles. The topological polar surface area (TPSA) is 25.8 Å². The highest BCUT2D eigenvalue weighted by atomic mass is 28.3. The Kier molecular flexibility index (Phi) is 5.61. The van der Waals surface area contributed by atoms with E-state index >= 15 is 0 Å². The van der Waals surface area contributed by atoms with Gasteiger partial charge in [-0.15, -0.1) is 0 Å². The van der Waals surface area contributed by atoms with Crippen molar-refractivity contribution in [2.75, 3.05) is 0 Å². The van der Waals surface area contributed by atoms with Crippen molar-refractivity contribution < 1.29 is 0 Å². The van der Waals surface area contributed by atoms with Crippen LogP contribution in [0.2, 0.25) is 13.1 Å². The first-order chi connectivity index (χ1) is 19.1. The molecule has 0 aliphatic carbocycles. The molecule has 5 aromatic carbocycles. The number of benzene rings is 5. The van der Waals surface area contributed by atoms with Crippen molar-refractivity contribution in [1.29, 1.82) is 0 Å². The van der Waals surface area contributed by atoms with E-state index < -0.39 is 8.07 Å². The molecule has 7 rings (SSSR count). The fraction of sp³-hybridized carbons (Fsp3) is 0.0556. The lowest BCUT2D eigenvalue weighted by Gasteiger charge is -2.21. The Bertz CT molecular complexity index is 1790. The van der Waals surface area contributed by atoms with Gasteiger partial charge in [0.2, 0.25) is 0 Å². The summed E-state index contributed by atoms with van der Waals surface area (Å²) in [6.07, 6.45) is 0. The Balaban J connectivity index is 1.39. The third kappa shape index (κ3) is 4.03. The SMILES string of the molecule is C[Si]1(C)c2ccccc2-c2nc(-c3ccc(-c4ccccc4)cc3)nc(-c3ccc(-c4ccccc4)cc3)c21. The monoisotopic (exact) mass is 516 g/mol. The van der Waals surface area contributed by atoms with Crippen molar-refractivity contribution >= 4 is 18.4 Å². The van der Waals surface area contributed by atoms with Gasteiger partial charge < -0.3 is 0 Å². The van der Waals surface area contributed by atoms with Gasteiger partial charge in [-0.05, 0) is 38.2 Å². The molecular weight excluding hydrogens is 488 g/mol. The molecule has 2 nitrogen and oxygen atoms in total. The second kappa shape index (κ2) is 9.30. The maximum Gasteiger partial charge on any atom is 0.160 e. The maximum atomic E-state index is 5.29. The molecule has 0 unspecified atom stereocenters. The molecule has 0 bridgehead atoms. The van der Waals surface area contributed by atoms with E-state index in [-0.39, 0.29) is 0 Å². The number of hydrogen-bond donors (Lipinski definition) is 0. The standard InChI is InChI=1S/C36H28N2Si/c1-39(2)32-16-10-9-15-31(32)34-35(39)33(29-21-17-27(18-22-29)25-11-5-3-6-12-25)37-36(38-34)30-23-19-28(20-24-30)26-13-7-4-8-14-26/h3-24H,1-2H3. The molecule has 0 atom stereocenters. The van der Waals surface area contributed by atoms with E-state index in [9.17, 15) is 0 Å². The van der Waals surface area contributed by atoms with Crippen LogP contribution in [0.15, 0.2) is 133 Å². The molecule has 0 radical (unpaired) electrons. The lowest BCUT2D eigenvalue weighted by Crippen LogP contribution is -2.50. The largest absolute Gasteiger partial charge is 0.228 e. The molecule has 39 heavy (non-hydrogen) atoms. The van der Waals surface area contributed by atoms with Gasteiger partial charge in [-0.25, -0.2) is 9.97 Å². The summed E-state index contributed by atoms with van der Waals surface area (Å²) in [4.78, 5) is 10.5. The summed E-state index contributed by atoms with van der Waals surface area (Å²) < 4.78 is 0. The molecule has 0 N–H and O–H groups in total. The molecule has 3 heteroatoms. The zero-order valence-corrected chi connectivity index (χ0v) is 23.1. The van der Waals surface area contributed by atoms with Crippen LogP contribution < -0.4 is 10.4 Å². The summed E-state index contributed by atoms with van der Waals surface area (Å²) in [6, 6.07) is 47.3. The van der Waals surface area contributed by atoms with E-state index in [0.29, 0.717) is 0 Å². The Morgan fingerprint density at radius 2 is 0.846 bits per heavy atom. The van der Waals surface area contributed by atoms with Crippen LogP contribution in [0, 0.1) is 0 Å². The molecule has 186 valence electrons. The van der Waals surface area contributed by atoms with Gasteiger partial charge in [-0.3, -0.25) is 0 Å². The minimum atomic E-state index is -1.99. The number of hydrogen-bond acceptors (Lipinski definition) is 2. The van der Waals surface area contributed by atoms with Crippen LogP contribution >= 0.6 is 0 Å². The molecular formula is C36H28N2Si. The zero-order valence-electron chi connectivity index (χ0n) is 22.1. The van der Waals surface area contributed by atoms with Crippen molar-refractivity contribution in [3.8, 4) is 56.2 Å². The quantitative estimate of drug-likeness (QED) is 0.222. The van der Waals surface area contributed by atoms with Crippen LogP contribution in [0.3, 0.4) is 0 Å². The van der Waals surface area contributed by atoms with Crippen molar-refractivity contribution in [3.63, 3.8) is 0 Å². The first-order valence-corrected chi connectivity index (χ1v) is 16.4. The predicted octanol–water partition coefficient (Wildman–Crippen LogP) is 7.95. The highest BCUT2D eigenvalue weighted by Gasteiger charge is 2.41. The van der Waals surface area contributed by atoms with Crippen LogP contribution in [0.25, 0.3) is 56.2 Å². The van der Waals surface area contributed by atoms with Gasteiger partial charge >= 0.3 is 0 Å². The molecule has 0 fully saturated rings. The number of rotatable bonds is 4. The molecule has 1 aliphatic rings. The zero-order chi connectivity index (χ0) is 26.4. The Morgan fingerprint density at radius 1 is 0.410 bits per heavy atom. The van der Waals surface area contributed by atoms with Gasteiger partial charge in [-0.2, -0.15) is 0 Å². The lowest BCUT2D eigenvalue weighted by atomic mass is 10.0. The Hall–Kier alpha value is -4.60. The van der Waals surface area contributed by atoms with Gasteiger partial charge in [0.15, 0.2) is 5.82 Å². The minimum Gasteiger partial charge on any atom is -0.228 e. The molecule has 1 aliphatic heterocycles. The summed E-state index contributed by atoms with van der Waals surface area (Å²) in [6.45, 7) is 4.86. The van der Waals surface area contributed by atoms with Gasteiger partial charge in [-0.1, -0.05) is 147 Å². The predicted molar refractivity (Wildman–Crippen MR) is 166 cm³/mol. The maximum absolute atomic E-state index is 5.29. The Labute approximate surface area is 230 Å². The van der Waals surface area contributed by atoms with E-state index in [4.69, 9.17) is 9.97 Å². The first kappa shape index (κ1) is 23.5. The highest BCUT2D eigenvalue weighted by Crippen LogP contribution is 2.34. The Morgan fingerprint density at radius 3 is 1.44 bits per heavy atom. The average Bonchev–Trinajstić information content (AvgIpc) is 3.24. The molecule has 0 amide bonds. The van der Waals surface area contributed by atoms with Gasteiger partial charge in [0.25, 0.3) is 0 Å². The normalized spacial score (nSPS) is 13.1. The smallest absolute Gasteiger partial charge is 0.160 e. The summed E-state index contributed by atoms with van der Waals surface area (Å²) in [5, 5.41) is 2.77. The van der Waals surface area contributed by atoms with Crippen LogP contribution in [0.4, 0.5) is 0 Å². The van der Waals surface area contributed by atoms with Crippen molar-refractivity contribution in [2.45, 2.75) is 13.1 Å². The third-order valence-corrected chi connectivity index (χ3v) is 11.4. The fourth-order valence-electron chi connectivity index (χ4n) is 5.85. The van der Waals surface area contributed by atoms with Gasteiger partial charge in [0.05, 0.1) is 11.4 Å². The molecule has 0 saturated heterocycles. The van der Waals surface area contributed by atoms with Crippen LogP contribution in [0.5, 0.6) is 0 Å². The van der Waals surface area contributed by atoms with E-state index in [0.717, 1.165) is 28.3 Å². The first-order valence-electron chi connectivity index (χ1n) is 13.4. The van der Waals surface area contributed by atoms with E-state index in [2.05, 4.69) is 140 Å².